The van der Waals surface area contributed by atoms with E-state index in [1.165, 1.54) is 6.20 Å². The highest BCUT2D eigenvalue weighted by Gasteiger charge is 2.19. The lowest BCUT2D eigenvalue weighted by Gasteiger charge is -2.14. The number of nitrogen functional groups attached to an aromatic ring is 2. The van der Waals surface area contributed by atoms with Crippen LogP contribution in [0.15, 0.2) is 102 Å². The molecule has 0 aliphatic rings. The molecule has 0 saturated heterocycles. The van der Waals surface area contributed by atoms with E-state index in [0.29, 0.717) is 50.1 Å². The zero-order valence-electron chi connectivity index (χ0n) is 20.4. The fourth-order valence-corrected chi connectivity index (χ4v) is 4.48. The van der Waals surface area contributed by atoms with Crippen LogP contribution in [-0.2, 0) is 0 Å². The number of halogens is 1. The molecule has 5 N–H and O–H groups in total. The average Bonchev–Trinajstić information content (AvgIpc) is 3.39. The number of anilines is 1. The summed E-state index contributed by atoms with van der Waals surface area (Å²) in [7, 11) is 0. The Morgan fingerprint density at radius 2 is 1.62 bits per heavy atom. The van der Waals surface area contributed by atoms with Gasteiger partial charge in [0, 0.05) is 21.7 Å². The lowest BCUT2D eigenvalue weighted by atomic mass is 10.1. The van der Waals surface area contributed by atoms with E-state index in [-0.39, 0.29) is 11.4 Å². The number of hydrogen-bond donors (Lipinski definition) is 3. The topological polar surface area (TPSA) is 141 Å². The Bertz CT molecular complexity index is 1910. The second-order valence-corrected chi connectivity index (χ2v) is 9.30. The fraction of sp³-hybridized carbons (Fsp3) is 0. The molecule has 0 fully saturated rings. The maximum atomic E-state index is 13.9. The normalized spacial score (nSPS) is 11.1. The Labute approximate surface area is 227 Å². The Kier molecular flexibility index (Phi) is 5.90. The molecule has 0 spiro atoms. The van der Waals surface area contributed by atoms with Crippen LogP contribution in [0.4, 0.5) is 5.69 Å². The summed E-state index contributed by atoms with van der Waals surface area (Å²) >= 11 is 6.13. The number of aromatic nitrogens is 5. The van der Waals surface area contributed by atoms with Crippen molar-refractivity contribution < 1.29 is 0 Å². The molecule has 0 aliphatic carbocycles. The van der Waals surface area contributed by atoms with Crippen molar-refractivity contribution in [3.8, 4) is 34.0 Å². The van der Waals surface area contributed by atoms with Crippen LogP contribution < -0.4 is 17.0 Å². The first-order valence-electron chi connectivity index (χ1n) is 11.9. The second kappa shape index (κ2) is 9.55. The lowest BCUT2D eigenvalue weighted by Crippen LogP contribution is -2.22. The van der Waals surface area contributed by atoms with Gasteiger partial charge in [0.05, 0.1) is 35.1 Å². The molecule has 6 aromatic rings. The van der Waals surface area contributed by atoms with Gasteiger partial charge in [-0.3, -0.25) is 19.8 Å². The number of nitrogens with two attached hydrogens (primary N) is 2. The van der Waals surface area contributed by atoms with Crippen molar-refractivity contribution in [1.29, 1.82) is 5.41 Å². The van der Waals surface area contributed by atoms with E-state index in [1.54, 1.807) is 64.0 Å². The van der Waals surface area contributed by atoms with Gasteiger partial charge < -0.3 is 11.5 Å². The minimum absolute atomic E-state index is 0.0669. The summed E-state index contributed by atoms with van der Waals surface area (Å²) < 4.78 is 3.12. The van der Waals surface area contributed by atoms with Crippen LogP contribution in [0.5, 0.6) is 0 Å². The monoisotopic (exact) mass is 532 g/mol. The first-order valence-corrected chi connectivity index (χ1v) is 12.3. The van der Waals surface area contributed by atoms with Gasteiger partial charge in [0.25, 0.3) is 5.56 Å². The third-order valence-electron chi connectivity index (χ3n) is 6.31. The molecule has 39 heavy (non-hydrogen) atoms. The van der Waals surface area contributed by atoms with Crippen molar-refractivity contribution >= 4 is 34.2 Å². The molecule has 6 rings (SSSR count). The van der Waals surface area contributed by atoms with Crippen LogP contribution in [0.1, 0.15) is 5.56 Å². The first kappa shape index (κ1) is 24.1. The minimum atomic E-state index is -0.282. The van der Waals surface area contributed by atoms with Gasteiger partial charge in [-0.25, -0.2) is 9.67 Å². The van der Waals surface area contributed by atoms with E-state index in [9.17, 15) is 4.79 Å². The fourth-order valence-electron chi connectivity index (χ4n) is 4.35. The molecule has 9 nitrogen and oxygen atoms in total. The molecule has 190 valence electrons. The van der Waals surface area contributed by atoms with E-state index in [4.69, 9.17) is 33.5 Å². The lowest BCUT2D eigenvalue weighted by molar-refractivity contribution is 0.888. The van der Waals surface area contributed by atoms with Crippen molar-refractivity contribution in [3.63, 3.8) is 0 Å². The number of rotatable bonds is 5. The zero-order chi connectivity index (χ0) is 27.1. The van der Waals surface area contributed by atoms with Gasteiger partial charge in [0.2, 0.25) is 0 Å². The number of nitrogens with one attached hydrogen (secondary N) is 1. The van der Waals surface area contributed by atoms with E-state index in [1.807, 2.05) is 36.4 Å². The highest BCUT2D eigenvalue weighted by Crippen LogP contribution is 2.27. The molecule has 0 radical (unpaired) electrons. The number of hydrogen-bond acceptors (Lipinski definition) is 6. The molecule has 0 bridgehead atoms. The molecular formula is C29H21ClN8O. The Morgan fingerprint density at radius 1 is 0.872 bits per heavy atom. The molecule has 0 unspecified atom stereocenters. The van der Waals surface area contributed by atoms with Gasteiger partial charge in [-0.1, -0.05) is 48.0 Å². The Balaban J connectivity index is 1.57. The summed E-state index contributed by atoms with van der Waals surface area (Å²) in [6.45, 7) is 0. The molecule has 0 saturated carbocycles. The van der Waals surface area contributed by atoms with E-state index < -0.39 is 0 Å². The number of pyridine rings is 1. The molecule has 0 amide bonds. The first-order chi connectivity index (χ1) is 18.9. The molecule has 0 aliphatic heterocycles. The maximum Gasteiger partial charge on any atom is 0.269 e. The number of fused-ring (bicyclic) bond motifs is 1. The van der Waals surface area contributed by atoms with Crippen molar-refractivity contribution in [1.82, 2.24) is 24.3 Å². The zero-order valence-corrected chi connectivity index (χ0v) is 21.2. The van der Waals surface area contributed by atoms with Gasteiger partial charge in [-0.2, -0.15) is 5.10 Å². The molecule has 10 heteroatoms. The number of benzene rings is 3. The summed E-state index contributed by atoms with van der Waals surface area (Å²) in [5.41, 5.74) is 16.3. The van der Waals surface area contributed by atoms with Crippen LogP contribution in [-0.4, -0.2) is 30.2 Å². The molecule has 3 aromatic heterocycles. The number of amidine groups is 1. The van der Waals surface area contributed by atoms with E-state index >= 15 is 0 Å². The van der Waals surface area contributed by atoms with Gasteiger partial charge in [-0.05, 0) is 48.5 Å². The van der Waals surface area contributed by atoms with E-state index in [2.05, 4.69) is 10.1 Å². The predicted octanol–water partition coefficient (Wildman–Crippen LogP) is 4.82. The van der Waals surface area contributed by atoms with Crippen LogP contribution >= 0.6 is 11.6 Å². The summed E-state index contributed by atoms with van der Waals surface area (Å²) in [6, 6.07) is 25.3. The molecule has 3 aromatic carbocycles. The van der Waals surface area contributed by atoms with Crippen molar-refractivity contribution in [2.75, 3.05) is 5.73 Å². The van der Waals surface area contributed by atoms with Gasteiger partial charge in [0.1, 0.15) is 17.0 Å². The van der Waals surface area contributed by atoms with E-state index in [0.717, 1.165) is 11.3 Å². The van der Waals surface area contributed by atoms with Crippen LogP contribution in [0, 0.1) is 5.41 Å². The summed E-state index contributed by atoms with van der Waals surface area (Å²) in [6.07, 6.45) is 3.11. The highest BCUT2D eigenvalue weighted by molar-refractivity contribution is 6.30. The van der Waals surface area contributed by atoms with Crippen molar-refractivity contribution in [3.05, 3.63) is 118 Å². The third-order valence-corrected chi connectivity index (χ3v) is 6.56. The van der Waals surface area contributed by atoms with Gasteiger partial charge in [0.15, 0.2) is 5.65 Å². The molecular weight excluding hydrogens is 512 g/mol. The van der Waals surface area contributed by atoms with Crippen LogP contribution in [0.3, 0.4) is 0 Å². The van der Waals surface area contributed by atoms with Crippen LogP contribution in [0.2, 0.25) is 5.02 Å². The largest absolute Gasteiger partial charge is 0.397 e. The van der Waals surface area contributed by atoms with Crippen LogP contribution in [0.25, 0.3) is 45.1 Å². The minimum Gasteiger partial charge on any atom is -0.397 e. The van der Waals surface area contributed by atoms with Crippen molar-refractivity contribution in [2.45, 2.75) is 0 Å². The highest BCUT2D eigenvalue weighted by atomic mass is 35.5. The number of nitrogens with zero attached hydrogens (tertiary/aromatic N) is 5. The quantitative estimate of drug-likeness (QED) is 0.215. The maximum absolute atomic E-state index is 13.9. The Morgan fingerprint density at radius 3 is 2.31 bits per heavy atom. The third kappa shape index (κ3) is 4.41. The summed E-state index contributed by atoms with van der Waals surface area (Å²) in [5.74, 6) is 0.360. The molecule has 3 heterocycles. The smallest absolute Gasteiger partial charge is 0.269 e. The summed E-state index contributed by atoms with van der Waals surface area (Å²) in [4.78, 5) is 23.2. The second-order valence-electron chi connectivity index (χ2n) is 8.86. The van der Waals surface area contributed by atoms with Gasteiger partial charge in [-0.15, -0.1) is 0 Å². The van der Waals surface area contributed by atoms with Gasteiger partial charge >= 0.3 is 0 Å². The standard InChI is InChI=1S/C29H21ClN8O/c30-20-8-11-22(12-9-20)37-27(18-6-4-17(5-7-18)25-13-10-21(31)15-34-25)36-28-24(29(37)39)16-35-38(28)23-3-1-2-19(14-23)26(32)33/h1-16H,31H2,(H3,32,33). The summed E-state index contributed by atoms with van der Waals surface area (Å²) in [5, 5.41) is 13.1. The van der Waals surface area contributed by atoms with Crippen molar-refractivity contribution in [2.24, 2.45) is 5.73 Å². The average molecular weight is 533 g/mol. The predicted molar refractivity (Wildman–Crippen MR) is 154 cm³/mol. The Hall–Kier alpha value is -5.28. The SMILES string of the molecule is N=C(N)c1cccc(-n2ncc3c(=O)n(-c4ccc(Cl)cc4)c(-c4ccc(-c5ccc(N)cn5)cc4)nc32)c1. The molecule has 0 atom stereocenters.